The van der Waals surface area contributed by atoms with Crippen molar-refractivity contribution in [3.8, 4) is 11.5 Å². The summed E-state index contributed by atoms with van der Waals surface area (Å²) in [4.78, 5) is 24.0. The van der Waals surface area contributed by atoms with Gasteiger partial charge in [-0.15, -0.1) is 0 Å². The second-order valence-electron chi connectivity index (χ2n) is 5.19. The molecule has 3 N–H and O–H groups in total. The number of carbonyl (C=O) groups is 1. The zero-order valence-corrected chi connectivity index (χ0v) is 12.9. The van der Waals surface area contributed by atoms with Crippen LogP contribution in [0, 0.1) is 0 Å². The van der Waals surface area contributed by atoms with E-state index in [4.69, 9.17) is 4.74 Å². The fourth-order valence-corrected chi connectivity index (χ4v) is 2.44. The lowest BCUT2D eigenvalue weighted by Gasteiger charge is -2.09. The SMILES string of the molecule is COc1cc(O)cc(NC(=O)Cc2n[nH]c(=O)c3ccccc23)c1. The first-order valence-corrected chi connectivity index (χ1v) is 7.21. The average molecular weight is 325 g/mol. The predicted molar refractivity (Wildman–Crippen MR) is 89.4 cm³/mol. The molecular weight excluding hydrogens is 310 g/mol. The van der Waals surface area contributed by atoms with Crippen LogP contribution in [0.5, 0.6) is 11.5 Å². The molecule has 2 aromatic carbocycles. The van der Waals surface area contributed by atoms with Crippen molar-refractivity contribution in [2.24, 2.45) is 0 Å². The number of rotatable bonds is 4. The number of aromatic nitrogens is 2. The number of aromatic amines is 1. The normalized spacial score (nSPS) is 10.5. The van der Waals surface area contributed by atoms with Crippen molar-refractivity contribution in [2.75, 3.05) is 12.4 Å². The molecule has 0 aliphatic carbocycles. The number of phenolic OH excluding ortho intramolecular Hbond substituents is 1. The van der Waals surface area contributed by atoms with Gasteiger partial charge in [0.05, 0.1) is 24.6 Å². The number of phenols is 1. The van der Waals surface area contributed by atoms with Gasteiger partial charge in [0.25, 0.3) is 5.56 Å². The number of nitrogens with one attached hydrogen (secondary N) is 2. The van der Waals surface area contributed by atoms with Gasteiger partial charge in [-0.05, 0) is 6.07 Å². The fraction of sp³-hybridized carbons (Fsp3) is 0.118. The number of methoxy groups -OCH3 is 1. The summed E-state index contributed by atoms with van der Waals surface area (Å²) in [5.74, 6) is 0.0857. The Kier molecular flexibility index (Phi) is 4.15. The summed E-state index contributed by atoms with van der Waals surface area (Å²) in [7, 11) is 1.47. The number of amides is 1. The quantitative estimate of drug-likeness (QED) is 0.679. The Morgan fingerprint density at radius 2 is 2.00 bits per heavy atom. The second-order valence-corrected chi connectivity index (χ2v) is 5.19. The molecule has 0 atom stereocenters. The first-order chi connectivity index (χ1) is 11.6. The van der Waals surface area contributed by atoms with E-state index in [0.717, 1.165) is 0 Å². The third-order valence-electron chi connectivity index (χ3n) is 3.51. The number of H-pyrrole nitrogens is 1. The summed E-state index contributed by atoms with van der Waals surface area (Å²) >= 11 is 0. The van der Waals surface area contributed by atoms with Gasteiger partial charge in [-0.25, -0.2) is 5.10 Å². The standard InChI is InChI=1S/C17H15N3O4/c1-24-12-7-10(6-11(21)8-12)18-16(22)9-15-13-4-2-3-5-14(13)17(23)20-19-15/h2-8,21H,9H2,1H3,(H,18,22)(H,20,23). The van der Waals surface area contributed by atoms with Crippen molar-refractivity contribution in [1.82, 2.24) is 10.2 Å². The van der Waals surface area contributed by atoms with Gasteiger partial charge in [-0.3, -0.25) is 9.59 Å². The van der Waals surface area contributed by atoms with E-state index in [1.165, 1.54) is 19.2 Å². The van der Waals surface area contributed by atoms with Crippen molar-refractivity contribution < 1.29 is 14.6 Å². The number of nitrogens with zero attached hydrogens (tertiary/aromatic N) is 1. The van der Waals surface area contributed by atoms with Gasteiger partial charge in [-0.2, -0.15) is 5.10 Å². The van der Waals surface area contributed by atoms with Crippen LogP contribution >= 0.6 is 0 Å². The highest BCUT2D eigenvalue weighted by atomic mass is 16.5. The Labute approximate surface area is 136 Å². The molecule has 0 unspecified atom stereocenters. The van der Waals surface area contributed by atoms with E-state index < -0.39 is 0 Å². The molecule has 0 saturated carbocycles. The third-order valence-corrected chi connectivity index (χ3v) is 3.51. The number of fused-ring (bicyclic) bond motifs is 1. The molecule has 0 saturated heterocycles. The van der Waals surface area contributed by atoms with E-state index >= 15 is 0 Å². The molecule has 3 aromatic rings. The Bertz CT molecular complexity index is 965. The van der Waals surface area contributed by atoms with Gasteiger partial charge < -0.3 is 15.2 Å². The molecule has 0 radical (unpaired) electrons. The lowest BCUT2D eigenvalue weighted by Crippen LogP contribution is -2.18. The highest BCUT2D eigenvalue weighted by Crippen LogP contribution is 2.25. The smallest absolute Gasteiger partial charge is 0.272 e. The number of anilines is 1. The number of carbonyl (C=O) groups excluding carboxylic acids is 1. The van der Waals surface area contributed by atoms with Crippen molar-refractivity contribution in [2.45, 2.75) is 6.42 Å². The summed E-state index contributed by atoms with van der Waals surface area (Å²) in [6, 6.07) is 11.4. The molecule has 1 amide bonds. The summed E-state index contributed by atoms with van der Waals surface area (Å²) in [5, 5.41) is 19.8. The van der Waals surface area contributed by atoms with Crippen molar-refractivity contribution in [3.05, 3.63) is 58.5 Å². The Hall–Kier alpha value is -3.35. The van der Waals surface area contributed by atoms with Crippen LogP contribution in [0.3, 0.4) is 0 Å². The topological polar surface area (TPSA) is 104 Å². The zero-order valence-electron chi connectivity index (χ0n) is 12.9. The first kappa shape index (κ1) is 15.5. The summed E-state index contributed by atoms with van der Waals surface area (Å²) in [6.07, 6.45) is -0.0186. The van der Waals surface area contributed by atoms with Gasteiger partial charge in [0, 0.05) is 29.3 Å². The highest BCUT2D eigenvalue weighted by molar-refractivity contribution is 5.95. The lowest BCUT2D eigenvalue weighted by molar-refractivity contribution is -0.115. The van der Waals surface area contributed by atoms with Crippen LogP contribution < -0.4 is 15.6 Å². The summed E-state index contributed by atoms with van der Waals surface area (Å²) in [5.41, 5.74) is 0.577. The lowest BCUT2D eigenvalue weighted by atomic mass is 10.1. The monoisotopic (exact) mass is 325 g/mol. The van der Waals surface area contributed by atoms with Crippen molar-refractivity contribution in [3.63, 3.8) is 0 Å². The summed E-state index contributed by atoms with van der Waals surface area (Å²) < 4.78 is 5.04. The van der Waals surface area contributed by atoms with Crippen LogP contribution in [0.15, 0.2) is 47.3 Å². The van der Waals surface area contributed by atoms with Crippen LogP contribution in [0.2, 0.25) is 0 Å². The minimum atomic E-state index is -0.327. The van der Waals surface area contributed by atoms with Gasteiger partial charge >= 0.3 is 0 Å². The van der Waals surface area contributed by atoms with Crippen LogP contribution in [0.4, 0.5) is 5.69 Å². The van der Waals surface area contributed by atoms with Crippen molar-refractivity contribution >= 4 is 22.4 Å². The molecule has 0 spiro atoms. The molecule has 0 aliphatic rings. The van der Waals surface area contributed by atoms with Crippen molar-refractivity contribution in [1.29, 1.82) is 0 Å². The number of aromatic hydroxyl groups is 1. The van der Waals surface area contributed by atoms with Crippen LogP contribution in [-0.4, -0.2) is 28.3 Å². The molecule has 0 aliphatic heterocycles. The van der Waals surface area contributed by atoms with Crippen LogP contribution in [-0.2, 0) is 11.2 Å². The average Bonchev–Trinajstić information content (AvgIpc) is 2.57. The van der Waals surface area contributed by atoms with Gasteiger partial charge in [0.15, 0.2) is 0 Å². The second kappa shape index (κ2) is 6.41. The maximum absolute atomic E-state index is 12.3. The zero-order chi connectivity index (χ0) is 17.1. The first-order valence-electron chi connectivity index (χ1n) is 7.21. The van der Waals surface area contributed by atoms with E-state index in [-0.39, 0.29) is 23.6 Å². The molecule has 122 valence electrons. The molecule has 1 aromatic heterocycles. The Morgan fingerprint density at radius 1 is 1.25 bits per heavy atom. The molecular formula is C17H15N3O4. The maximum Gasteiger partial charge on any atom is 0.272 e. The van der Waals surface area contributed by atoms with E-state index in [9.17, 15) is 14.7 Å². The van der Waals surface area contributed by atoms with Gasteiger partial charge in [0.2, 0.25) is 5.91 Å². The number of hydrogen-bond donors (Lipinski definition) is 3. The highest BCUT2D eigenvalue weighted by Gasteiger charge is 2.11. The van der Waals surface area contributed by atoms with E-state index in [1.54, 1.807) is 30.3 Å². The minimum Gasteiger partial charge on any atom is -0.508 e. The predicted octanol–water partition coefficient (Wildman–Crippen LogP) is 1.82. The molecule has 1 heterocycles. The molecule has 3 rings (SSSR count). The molecule has 0 bridgehead atoms. The largest absolute Gasteiger partial charge is 0.508 e. The van der Waals surface area contributed by atoms with E-state index in [2.05, 4.69) is 15.5 Å². The molecule has 24 heavy (non-hydrogen) atoms. The molecule has 7 heteroatoms. The fourth-order valence-electron chi connectivity index (χ4n) is 2.44. The molecule has 7 nitrogen and oxygen atoms in total. The molecule has 0 fully saturated rings. The Balaban J connectivity index is 1.85. The van der Waals surface area contributed by atoms with Gasteiger partial charge in [0.1, 0.15) is 11.5 Å². The number of hydrogen-bond acceptors (Lipinski definition) is 5. The number of ether oxygens (including phenoxy) is 1. The van der Waals surface area contributed by atoms with Gasteiger partial charge in [-0.1, -0.05) is 18.2 Å². The van der Waals surface area contributed by atoms with Crippen LogP contribution in [0.25, 0.3) is 10.8 Å². The van der Waals surface area contributed by atoms with E-state index in [1.807, 2.05) is 0 Å². The Morgan fingerprint density at radius 3 is 2.75 bits per heavy atom. The third kappa shape index (κ3) is 3.19. The van der Waals surface area contributed by atoms with E-state index in [0.29, 0.717) is 27.9 Å². The van der Waals surface area contributed by atoms with Crippen LogP contribution in [0.1, 0.15) is 5.69 Å². The maximum atomic E-state index is 12.3. The minimum absolute atomic E-state index is 0.0164. The number of benzene rings is 2. The summed E-state index contributed by atoms with van der Waals surface area (Å²) in [6.45, 7) is 0.